The Labute approximate surface area is 187 Å². The van der Waals surface area contributed by atoms with Crippen molar-refractivity contribution in [3.63, 3.8) is 0 Å². The van der Waals surface area contributed by atoms with E-state index in [0.717, 1.165) is 5.56 Å². The van der Waals surface area contributed by atoms with Gasteiger partial charge in [0.15, 0.2) is 9.84 Å². The Morgan fingerprint density at radius 1 is 1.13 bits per heavy atom. The number of ether oxygens (including phenoxy) is 1. The van der Waals surface area contributed by atoms with Gasteiger partial charge < -0.3 is 4.74 Å². The molecule has 1 saturated carbocycles. The van der Waals surface area contributed by atoms with E-state index in [9.17, 15) is 13.2 Å². The Balaban J connectivity index is 2.06. The van der Waals surface area contributed by atoms with Crippen LogP contribution >= 0.6 is 0 Å². The van der Waals surface area contributed by atoms with Crippen molar-refractivity contribution in [3.8, 4) is 0 Å². The highest BCUT2D eigenvalue weighted by Gasteiger charge is 2.54. The molecule has 0 unspecified atom stereocenters. The zero-order chi connectivity index (χ0) is 22.8. The van der Waals surface area contributed by atoms with E-state index < -0.39 is 17.9 Å². The summed E-state index contributed by atoms with van der Waals surface area (Å²) in [4.78, 5) is 13.1. The number of hydrogen-bond acceptors (Lipinski definition) is 4. The highest BCUT2D eigenvalue weighted by atomic mass is 32.2. The van der Waals surface area contributed by atoms with Gasteiger partial charge >= 0.3 is 5.97 Å². The van der Waals surface area contributed by atoms with Crippen LogP contribution in [0.3, 0.4) is 0 Å². The number of sulfone groups is 1. The fraction of sp³-hybridized carbons (Fsp3) is 0.400. The first-order valence-electron chi connectivity index (χ1n) is 10.7. The number of carbonyl (C=O) groups excluding carboxylic acids is 1. The van der Waals surface area contributed by atoms with Crippen molar-refractivity contribution in [2.75, 3.05) is 12.9 Å². The molecule has 4 atom stereocenters. The molecule has 2 aromatic rings. The van der Waals surface area contributed by atoms with Gasteiger partial charge in [0.05, 0.1) is 31.7 Å². The summed E-state index contributed by atoms with van der Waals surface area (Å²) >= 11 is 0. The van der Waals surface area contributed by atoms with Crippen LogP contribution in [0.1, 0.15) is 12.0 Å². The molecule has 31 heavy (non-hydrogen) atoms. The van der Waals surface area contributed by atoms with E-state index >= 15 is 0 Å². The van der Waals surface area contributed by atoms with Crippen LogP contribution < -0.4 is 5.19 Å². The molecule has 2 aromatic carbocycles. The zero-order valence-electron chi connectivity index (χ0n) is 18.7. The van der Waals surface area contributed by atoms with Gasteiger partial charge in [-0.15, -0.1) is 6.58 Å². The number of hydrogen-bond donors (Lipinski definition) is 0. The summed E-state index contributed by atoms with van der Waals surface area (Å²) in [6.45, 7) is 10.4. The third-order valence-corrected chi connectivity index (χ3v) is 13.1. The highest BCUT2D eigenvalue weighted by molar-refractivity contribution is 7.91. The van der Waals surface area contributed by atoms with Crippen molar-refractivity contribution in [1.29, 1.82) is 0 Å². The molecule has 0 saturated heterocycles. The van der Waals surface area contributed by atoms with Crippen LogP contribution in [0.25, 0.3) is 0 Å². The van der Waals surface area contributed by atoms with E-state index in [-0.39, 0.29) is 35.0 Å². The molecule has 6 heteroatoms. The van der Waals surface area contributed by atoms with Gasteiger partial charge in [-0.3, -0.25) is 4.79 Å². The van der Waals surface area contributed by atoms with Crippen molar-refractivity contribution in [3.05, 3.63) is 72.8 Å². The predicted molar refractivity (Wildman–Crippen MR) is 128 cm³/mol. The fourth-order valence-corrected chi connectivity index (χ4v) is 11.3. The van der Waals surface area contributed by atoms with E-state index in [1.54, 1.807) is 12.1 Å². The van der Waals surface area contributed by atoms with Crippen LogP contribution in [-0.2, 0) is 19.4 Å². The van der Waals surface area contributed by atoms with Crippen molar-refractivity contribution >= 4 is 29.1 Å². The predicted octanol–water partition coefficient (Wildman–Crippen LogP) is 4.37. The molecule has 0 amide bonds. The second-order valence-corrected chi connectivity index (χ2v) is 15.9. The van der Waals surface area contributed by atoms with E-state index in [1.807, 2.05) is 43.3 Å². The first-order chi connectivity index (χ1) is 14.6. The number of carbonyl (C=O) groups is 1. The maximum absolute atomic E-state index is 13.4. The number of rotatable bonds is 7. The number of esters is 1. The van der Waals surface area contributed by atoms with E-state index in [4.69, 9.17) is 4.74 Å². The minimum atomic E-state index is -3.51. The van der Waals surface area contributed by atoms with Gasteiger partial charge in [0.25, 0.3) is 0 Å². The molecule has 0 aliphatic heterocycles. The van der Waals surface area contributed by atoms with E-state index in [1.165, 1.54) is 12.3 Å². The summed E-state index contributed by atoms with van der Waals surface area (Å²) in [6.07, 6.45) is 2.42. The lowest BCUT2D eigenvalue weighted by atomic mass is 9.98. The van der Waals surface area contributed by atoms with Gasteiger partial charge in [-0.05, 0) is 42.9 Å². The Morgan fingerprint density at radius 2 is 1.74 bits per heavy atom. The largest absolute Gasteiger partial charge is 0.469 e. The first-order valence-corrected chi connectivity index (χ1v) is 15.4. The van der Waals surface area contributed by atoms with Crippen molar-refractivity contribution in [2.45, 2.75) is 36.9 Å². The van der Waals surface area contributed by atoms with Crippen molar-refractivity contribution < 1.29 is 17.9 Å². The average Bonchev–Trinajstić information content (AvgIpc) is 3.12. The fourth-order valence-electron chi connectivity index (χ4n) is 5.27. The molecule has 166 valence electrons. The van der Waals surface area contributed by atoms with Gasteiger partial charge in [-0.1, -0.05) is 72.4 Å². The van der Waals surface area contributed by atoms with Crippen LogP contribution in [0.4, 0.5) is 0 Å². The Bertz CT molecular complexity index is 1030. The molecular weight excluding hydrogens is 424 g/mol. The number of methoxy groups -OCH3 is 1. The van der Waals surface area contributed by atoms with Gasteiger partial charge in [0.2, 0.25) is 0 Å². The molecule has 0 N–H and O–H groups in total. The summed E-state index contributed by atoms with van der Waals surface area (Å²) in [5.74, 6) is -0.801. The number of allylic oxidation sites excluding steroid dienone is 1. The molecule has 0 radical (unpaired) electrons. The topological polar surface area (TPSA) is 60.4 Å². The molecule has 4 nitrogen and oxygen atoms in total. The standard InChI is InChI=1S/C25H32O4SSi/c1-6-19-16-22(25(26)29-3)24(31(4,5)21-10-8-7-9-11-21)23(19)17-30(27,28)20-14-12-18(2)13-15-20/h6-15,19,22-24H,1,16-17H2,2-5H3/t19-,22+,23-,24-/m0/s1. The first kappa shape index (κ1) is 23.5. The van der Waals surface area contributed by atoms with Crippen LogP contribution in [0.2, 0.25) is 18.6 Å². The van der Waals surface area contributed by atoms with Crippen LogP contribution in [0.15, 0.2) is 72.1 Å². The quantitative estimate of drug-likeness (QED) is 0.353. The van der Waals surface area contributed by atoms with Gasteiger partial charge in [0, 0.05) is 0 Å². The summed E-state index contributed by atoms with van der Waals surface area (Å²) in [7, 11) is -4.33. The van der Waals surface area contributed by atoms with Gasteiger partial charge in [0.1, 0.15) is 0 Å². The van der Waals surface area contributed by atoms with E-state index in [2.05, 4.69) is 31.8 Å². The monoisotopic (exact) mass is 456 g/mol. The lowest BCUT2D eigenvalue weighted by molar-refractivity contribution is -0.145. The Hall–Kier alpha value is -2.18. The molecule has 0 spiro atoms. The molecule has 1 fully saturated rings. The number of benzene rings is 2. The smallest absolute Gasteiger partial charge is 0.308 e. The molecule has 0 bridgehead atoms. The molecule has 1 aliphatic carbocycles. The summed E-state index contributed by atoms with van der Waals surface area (Å²) in [5.41, 5.74) is 0.954. The third-order valence-electron chi connectivity index (χ3n) is 6.92. The summed E-state index contributed by atoms with van der Waals surface area (Å²) in [5, 5.41) is 1.22. The van der Waals surface area contributed by atoms with Crippen LogP contribution in [0, 0.1) is 24.7 Å². The number of aryl methyl sites for hydroxylation is 1. The van der Waals surface area contributed by atoms with E-state index in [0.29, 0.717) is 11.3 Å². The highest BCUT2D eigenvalue weighted by Crippen LogP contribution is 2.52. The van der Waals surface area contributed by atoms with Crippen LogP contribution in [0.5, 0.6) is 0 Å². The lowest BCUT2D eigenvalue weighted by Crippen LogP contribution is -2.51. The maximum Gasteiger partial charge on any atom is 0.308 e. The minimum Gasteiger partial charge on any atom is -0.469 e. The molecular formula is C25H32O4SSi. The zero-order valence-corrected chi connectivity index (χ0v) is 20.6. The second kappa shape index (κ2) is 9.13. The lowest BCUT2D eigenvalue weighted by Gasteiger charge is -2.38. The van der Waals surface area contributed by atoms with Crippen molar-refractivity contribution in [2.24, 2.45) is 17.8 Å². The summed E-state index contributed by atoms with van der Waals surface area (Å²) in [6, 6.07) is 17.2. The molecule has 0 heterocycles. The third kappa shape index (κ3) is 4.70. The average molecular weight is 457 g/mol. The second-order valence-electron chi connectivity index (χ2n) is 9.14. The van der Waals surface area contributed by atoms with Crippen LogP contribution in [-0.4, -0.2) is 35.3 Å². The molecule has 3 rings (SSSR count). The Kier molecular flexibility index (Phi) is 6.91. The van der Waals surface area contributed by atoms with Crippen molar-refractivity contribution in [1.82, 2.24) is 0 Å². The minimum absolute atomic E-state index is 0.00811. The van der Waals surface area contributed by atoms with Gasteiger partial charge in [-0.2, -0.15) is 0 Å². The maximum atomic E-state index is 13.4. The molecule has 0 aromatic heterocycles. The molecule has 1 aliphatic rings. The Morgan fingerprint density at radius 3 is 2.29 bits per heavy atom. The SMILES string of the molecule is C=C[C@H]1C[C@@H](C(=O)OC)[C@H]([Si](C)(C)c2ccccc2)[C@H]1CS(=O)(=O)c1ccc(C)cc1. The summed E-state index contributed by atoms with van der Waals surface area (Å²) < 4.78 is 31.9. The normalized spacial score (nSPS) is 24.0. The van der Waals surface area contributed by atoms with Gasteiger partial charge in [-0.25, -0.2) is 8.42 Å².